The molecule has 9 heteroatoms. The third-order valence-electron chi connectivity index (χ3n) is 11.8. The maximum absolute atomic E-state index is 13.0. The lowest BCUT2D eigenvalue weighted by molar-refractivity contribution is -0.302. The molecule has 0 aromatic carbocycles. The summed E-state index contributed by atoms with van der Waals surface area (Å²) in [5.74, 6) is -0.206. The number of aliphatic hydroxyl groups is 5. The Bertz CT molecular complexity index is 1150. The number of carbonyl (C=O) groups excluding carboxylic acids is 1. The SMILES string of the molecule is CCCCCC/C=C\C/C=C\CCCCCCCC(=O)NC(COC1OC(CO)C(O)C(O)C1O)C(O)/C=C/CC/C=C/CC/C=C/CCCCCCCCCCCCCCC. The smallest absolute Gasteiger partial charge is 0.220 e. The highest BCUT2D eigenvalue weighted by Crippen LogP contribution is 2.22. The molecule has 1 fully saturated rings. The first-order chi connectivity index (χ1) is 30.3. The number of nitrogens with one attached hydrogen (secondary N) is 1. The average Bonchev–Trinajstić information content (AvgIpc) is 3.27. The summed E-state index contributed by atoms with van der Waals surface area (Å²) in [5.41, 5.74) is 0. The van der Waals surface area contributed by atoms with Crippen molar-refractivity contribution in [3.05, 3.63) is 60.8 Å². The number of hydrogen-bond acceptors (Lipinski definition) is 8. The third-order valence-corrected chi connectivity index (χ3v) is 11.8. The van der Waals surface area contributed by atoms with Crippen LogP contribution in [0.5, 0.6) is 0 Å². The molecular formula is C53H95NO8. The molecule has 0 aliphatic carbocycles. The van der Waals surface area contributed by atoms with Gasteiger partial charge in [0.25, 0.3) is 0 Å². The van der Waals surface area contributed by atoms with Crippen LogP contribution in [0.3, 0.4) is 0 Å². The second kappa shape index (κ2) is 42.8. The van der Waals surface area contributed by atoms with Crippen LogP contribution in [0.1, 0.15) is 213 Å². The molecular weight excluding hydrogens is 779 g/mol. The van der Waals surface area contributed by atoms with Gasteiger partial charge < -0.3 is 40.3 Å². The molecule has 7 atom stereocenters. The van der Waals surface area contributed by atoms with E-state index in [4.69, 9.17) is 9.47 Å². The molecule has 1 rings (SSSR count). The largest absolute Gasteiger partial charge is 0.394 e. The minimum absolute atomic E-state index is 0.206. The van der Waals surface area contributed by atoms with Gasteiger partial charge in [0.05, 0.1) is 25.4 Å². The molecule has 7 unspecified atom stereocenters. The number of unbranched alkanes of at least 4 members (excludes halogenated alkanes) is 24. The quantitative estimate of drug-likeness (QED) is 0.0262. The standard InChI is InChI=1S/C53H95NO8/c1-3-5-7-9-11-13-15-17-19-21-22-23-24-25-26-27-28-30-32-34-36-38-40-42-47(56)46(45-61-53-52(60)51(59)50(58)48(44-55)62-53)54-49(57)43-41-39-37-35-33-31-29-20-18-16-14-12-10-8-6-4-2/h14,16,20,26-27,29,32,34,40,42,46-48,50-53,55-56,58-60H,3-13,15,17-19,21-25,28,30-31,33,35-39,41,43-45H2,1-2H3,(H,54,57)/b16-14-,27-26+,29-20-,34-32+,42-40+. The van der Waals surface area contributed by atoms with E-state index in [0.29, 0.717) is 6.42 Å². The van der Waals surface area contributed by atoms with Gasteiger partial charge in [0, 0.05) is 6.42 Å². The summed E-state index contributed by atoms with van der Waals surface area (Å²) >= 11 is 0. The molecule has 1 saturated heterocycles. The van der Waals surface area contributed by atoms with E-state index in [1.165, 1.54) is 122 Å². The highest BCUT2D eigenvalue weighted by atomic mass is 16.7. The van der Waals surface area contributed by atoms with Crippen molar-refractivity contribution < 1.29 is 39.8 Å². The van der Waals surface area contributed by atoms with Crippen molar-refractivity contribution in [3.63, 3.8) is 0 Å². The van der Waals surface area contributed by atoms with Crippen molar-refractivity contribution in [1.82, 2.24) is 5.32 Å². The zero-order valence-corrected chi connectivity index (χ0v) is 39.6. The number of ether oxygens (including phenoxy) is 2. The first-order valence-corrected chi connectivity index (χ1v) is 25.5. The van der Waals surface area contributed by atoms with Crippen LogP contribution in [0.2, 0.25) is 0 Å². The molecule has 1 aliphatic rings. The first kappa shape index (κ1) is 57.9. The molecule has 0 saturated carbocycles. The Labute approximate surface area is 379 Å². The maximum Gasteiger partial charge on any atom is 0.220 e. The van der Waals surface area contributed by atoms with Gasteiger partial charge in [-0.2, -0.15) is 0 Å². The van der Waals surface area contributed by atoms with Gasteiger partial charge in [0.2, 0.25) is 5.91 Å². The minimum atomic E-state index is -1.58. The lowest BCUT2D eigenvalue weighted by Gasteiger charge is -2.40. The van der Waals surface area contributed by atoms with Crippen LogP contribution < -0.4 is 5.32 Å². The van der Waals surface area contributed by atoms with Gasteiger partial charge in [-0.15, -0.1) is 0 Å². The van der Waals surface area contributed by atoms with Crippen LogP contribution in [0.4, 0.5) is 0 Å². The number of carbonyl (C=O) groups is 1. The zero-order chi connectivity index (χ0) is 45.1. The van der Waals surface area contributed by atoms with Crippen molar-refractivity contribution in [2.75, 3.05) is 13.2 Å². The Morgan fingerprint density at radius 2 is 0.968 bits per heavy atom. The summed E-state index contributed by atoms with van der Waals surface area (Å²) in [6, 6.07) is -0.837. The van der Waals surface area contributed by atoms with Gasteiger partial charge in [-0.3, -0.25) is 4.79 Å². The van der Waals surface area contributed by atoms with Gasteiger partial charge in [-0.25, -0.2) is 0 Å². The van der Waals surface area contributed by atoms with E-state index in [2.05, 4.69) is 67.8 Å². The van der Waals surface area contributed by atoms with E-state index in [9.17, 15) is 30.3 Å². The Morgan fingerprint density at radius 1 is 0.548 bits per heavy atom. The lowest BCUT2D eigenvalue weighted by Crippen LogP contribution is -2.60. The van der Waals surface area contributed by atoms with Gasteiger partial charge in [0.15, 0.2) is 6.29 Å². The van der Waals surface area contributed by atoms with E-state index in [1.54, 1.807) is 6.08 Å². The van der Waals surface area contributed by atoms with Crippen LogP contribution >= 0.6 is 0 Å². The number of rotatable bonds is 42. The summed E-state index contributed by atoms with van der Waals surface area (Å²) in [6.07, 6.45) is 49.9. The number of amides is 1. The molecule has 9 nitrogen and oxygen atoms in total. The summed E-state index contributed by atoms with van der Waals surface area (Å²) in [4.78, 5) is 13.0. The second-order valence-electron chi connectivity index (χ2n) is 17.6. The average molecular weight is 874 g/mol. The van der Waals surface area contributed by atoms with Gasteiger partial charge >= 0.3 is 0 Å². The molecule has 62 heavy (non-hydrogen) atoms. The van der Waals surface area contributed by atoms with E-state index < -0.39 is 49.5 Å². The molecule has 1 aliphatic heterocycles. The van der Waals surface area contributed by atoms with E-state index >= 15 is 0 Å². The maximum atomic E-state index is 13.0. The minimum Gasteiger partial charge on any atom is -0.394 e. The normalized spacial score (nSPS) is 20.8. The summed E-state index contributed by atoms with van der Waals surface area (Å²) in [6.45, 7) is 3.73. The molecule has 1 amide bonds. The van der Waals surface area contributed by atoms with Crippen LogP contribution in [-0.4, -0.2) is 87.5 Å². The highest BCUT2D eigenvalue weighted by Gasteiger charge is 2.44. The van der Waals surface area contributed by atoms with Crippen LogP contribution in [0, 0.1) is 0 Å². The number of hydrogen-bond donors (Lipinski definition) is 6. The van der Waals surface area contributed by atoms with Crippen molar-refractivity contribution in [2.24, 2.45) is 0 Å². The molecule has 360 valence electrons. The fourth-order valence-electron chi connectivity index (χ4n) is 7.69. The van der Waals surface area contributed by atoms with E-state index in [0.717, 1.165) is 70.6 Å². The van der Waals surface area contributed by atoms with Crippen molar-refractivity contribution >= 4 is 5.91 Å². The fraction of sp³-hybridized carbons (Fsp3) is 0.792. The van der Waals surface area contributed by atoms with Crippen molar-refractivity contribution in [3.8, 4) is 0 Å². The van der Waals surface area contributed by atoms with Gasteiger partial charge in [-0.1, -0.05) is 190 Å². The Morgan fingerprint density at radius 3 is 1.47 bits per heavy atom. The first-order valence-electron chi connectivity index (χ1n) is 25.5. The molecule has 1 heterocycles. The van der Waals surface area contributed by atoms with Crippen molar-refractivity contribution in [2.45, 2.75) is 256 Å². The highest BCUT2D eigenvalue weighted by molar-refractivity contribution is 5.76. The third kappa shape index (κ3) is 32.5. The monoisotopic (exact) mass is 874 g/mol. The molecule has 0 spiro atoms. The lowest BCUT2D eigenvalue weighted by atomic mass is 9.99. The molecule has 0 aromatic rings. The van der Waals surface area contributed by atoms with Gasteiger partial charge in [-0.05, 0) is 77.0 Å². The van der Waals surface area contributed by atoms with Gasteiger partial charge in [0.1, 0.15) is 24.4 Å². The second-order valence-corrected chi connectivity index (χ2v) is 17.6. The Balaban J connectivity index is 2.35. The summed E-state index contributed by atoms with van der Waals surface area (Å²) in [5, 5.41) is 54.3. The number of allylic oxidation sites excluding steroid dienone is 9. The zero-order valence-electron chi connectivity index (χ0n) is 39.6. The van der Waals surface area contributed by atoms with Crippen LogP contribution in [-0.2, 0) is 14.3 Å². The fourth-order valence-corrected chi connectivity index (χ4v) is 7.69. The molecule has 0 aromatic heterocycles. The van der Waals surface area contributed by atoms with E-state index in [-0.39, 0.29) is 12.5 Å². The Kier molecular flexibility index (Phi) is 40.0. The molecule has 0 bridgehead atoms. The predicted molar refractivity (Wildman–Crippen MR) is 258 cm³/mol. The van der Waals surface area contributed by atoms with Crippen LogP contribution in [0.25, 0.3) is 0 Å². The number of aliphatic hydroxyl groups excluding tert-OH is 5. The van der Waals surface area contributed by atoms with Crippen molar-refractivity contribution in [1.29, 1.82) is 0 Å². The molecule has 6 N–H and O–H groups in total. The predicted octanol–water partition coefficient (Wildman–Crippen LogP) is 11.6. The topological polar surface area (TPSA) is 149 Å². The van der Waals surface area contributed by atoms with Crippen LogP contribution in [0.15, 0.2) is 60.8 Å². The van der Waals surface area contributed by atoms with E-state index in [1.807, 2.05) is 6.08 Å². The molecule has 0 radical (unpaired) electrons. The summed E-state index contributed by atoms with van der Waals surface area (Å²) in [7, 11) is 0. The Hall–Kier alpha value is -2.11. The summed E-state index contributed by atoms with van der Waals surface area (Å²) < 4.78 is 11.2.